The minimum Gasteiger partial charge on any atom is -0.423 e. The number of amides is 1. The number of nitrogens with one attached hydrogen (secondary N) is 1. The molecule has 4 aromatic rings. The van der Waals surface area contributed by atoms with Gasteiger partial charge in [-0.2, -0.15) is 4.98 Å². The van der Waals surface area contributed by atoms with Gasteiger partial charge in [0.15, 0.2) is 5.58 Å². The van der Waals surface area contributed by atoms with Gasteiger partial charge >= 0.3 is 6.01 Å². The van der Waals surface area contributed by atoms with Crippen molar-refractivity contribution in [2.45, 2.75) is 9.79 Å². The number of hydrogen-bond acceptors (Lipinski definition) is 6. The summed E-state index contributed by atoms with van der Waals surface area (Å²) in [7, 11) is 0. The molecule has 0 aliphatic carbocycles. The van der Waals surface area contributed by atoms with Gasteiger partial charge in [0.05, 0.1) is 10.5 Å². The van der Waals surface area contributed by atoms with E-state index in [0.29, 0.717) is 21.6 Å². The molecule has 0 bridgehead atoms. The zero-order valence-electron chi connectivity index (χ0n) is 14.4. The second-order valence-electron chi connectivity index (χ2n) is 5.79. The highest BCUT2D eigenvalue weighted by atomic mass is 32.2. The number of aromatic nitrogens is 1. The fourth-order valence-electron chi connectivity index (χ4n) is 2.60. The Bertz CT molecular complexity index is 1140. The lowest BCUT2D eigenvalue weighted by Gasteiger charge is -2.08. The maximum Gasteiger partial charge on any atom is 0.302 e. The second kappa shape index (κ2) is 7.53. The topological polar surface area (TPSA) is 98.3 Å². The second-order valence-corrected chi connectivity index (χ2v) is 6.91. The minimum atomic E-state index is -0.448. The standard InChI is InChI=1S/C20H13N3O4S/c24-19(22-20-21-16-6-2-3-7-17(16)27-20)15-5-1-4-8-18(15)28-14-11-9-13(10-12-14)23(25)26/h1-12H,(H,21,22,24). The fraction of sp³-hybridized carbons (Fsp3) is 0. The number of nitro benzene ring substituents is 1. The van der Waals surface area contributed by atoms with Gasteiger partial charge in [-0.15, -0.1) is 0 Å². The summed E-state index contributed by atoms with van der Waals surface area (Å²) in [5, 5.41) is 13.5. The summed E-state index contributed by atoms with van der Waals surface area (Å²) in [6, 6.07) is 20.6. The third-order valence-corrected chi connectivity index (χ3v) is 5.01. The van der Waals surface area contributed by atoms with Crippen LogP contribution in [-0.4, -0.2) is 15.8 Å². The van der Waals surface area contributed by atoms with E-state index in [1.807, 2.05) is 24.3 Å². The van der Waals surface area contributed by atoms with Gasteiger partial charge in [-0.25, -0.2) is 0 Å². The molecule has 1 amide bonds. The van der Waals surface area contributed by atoms with Gasteiger partial charge in [0, 0.05) is 21.9 Å². The molecule has 0 aliphatic heterocycles. The number of rotatable bonds is 5. The Morgan fingerprint density at radius 3 is 2.46 bits per heavy atom. The van der Waals surface area contributed by atoms with E-state index in [2.05, 4.69) is 10.3 Å². The first-order valence-corrected chi connectivity index (χ1v) is 9.10. The number of carbonyl (C=O) groups excluding carboxylic acids is 1. The summed E-state index contributed by atoms with van der Waals surface area (Å²) in [6.07, 6.45) is 0. The summed E-state index contributed by atoms with van der Waals surface area (Å²) in [6.45, 7) is 0. The zero-order valence-corrected chi connectivity index (χ0v) is 15.2. The molecule has 0 aliphatic rings. The van der Waals surface area contributed by atoms with Crippen molar-refractivity contribution in [2.75, 3.05) is 5.32 Å². The van der Waals surface area contributed by atoms with Gasteiger partial charge in [-0.05, 0) is 36.4 Å². The molecule has 0 fully saturated rings. The predicted molar refractivity (Wildman–Crippen MR) is 106 cm³/mol. The van der Waals surface area contributed by atoms with Crippen LogP contribution in [0, 0.1) is 10.1 Å². The summed E-state index contributed by atoms with van der Waals surface area (Å²) in [4.78, 5) is 28.8. The molecule has 0 saturated carbocycles. The van der Waals surface area contributed by atoms with Crippen LogP contribution < -0.4 is 5.32 Å². The van der Waals surface area contributed by atoms with Crippen LogP contribution >= 0.6 is 11.8 Å². The lowest BCUT2D eigenvalue weighted by Crippen LogP contribution is -2.13. The highest BCUT2D eigenvalue weighted by molar-refractivity contribution is 7.99. The Hall–Kier alpha value is -3.65. The number of nitrogens with zero attached hydrogens (tertiary/aromatic N) is 2. The third kappa shape index (κ3) is 3.72. The molecule has 0 saturated heterocycles. The van der Waals surface area contributed by atoms with E-state index in [1.165, 1.54) is 23.9 Å². The maximum atomic E-state index is 12.7. The average molecular weight is 391 g/mol. The van der Waals surface area contributed by atoms with Crippen molar-refractivity contribution in [1.29, 1.82) is 0 Å². The summed E-state index contributed by atoms with van der Waals surface area (Å²) in [5.41, 5.74) is 1.72. The number of oxazole rings is 1. The van der Waals surface area contributed by atoms with Crippen LogP contribution in [0.3, 0.4) is 0 Å². The molecule has 3 aromatic carbocycles. The molecule has 8 heteroatoms. The highest BCUT2D eigenvalue weighted by Gasteiger charge is 2.15. The highest BCUT2D eigenvalue weighted by Crippen LogP contribution is 2.32. The molecule has 0 atom stereocenters. The first-order valence-electron chi connectivity index (χ1n) is 8.28. The lowest BCUT2D eigenvalue weighted by atomic mass is 10.2. The molecule has 4 rings (SSSR count). The Morgan fingerprint density at radius 2 is 1.71 bits per heavy atom. The summed E-state index contributed by atoms with van der Waals surface area (Å²) < 4.78 is 5.54. The van der Waals surface area contributed by atoms with Crippen molar-refractivity contribution in [1.82, 2.24) is 4.98 Å². The van der Waals surface area contributed by atoms with Crippen molar-refractivity contribution < 1.29 is 14.1 Å². The number of fused-ring (bicyclic) bond motifs is 1. The van der Waals surface area contributed by atoms with E-state index in [1.54, 1.807) is 36.4 Å². The summed E-state index contributed by atoms with van der Waals surface area (Å²) >= 11 is 1.34. The van der Waals surface area contributed by atoms with Crippen molar-refractivity contribution in [3.63, 3.8) is 0 Å². The first-order chi connectivity index (χ1) is 13.6. The van der Waals surface area contributed by atoms with E-state index in [-0.39, 0.29) is 17.6 Å². The molecular formula is C20H13N3O4S. The van der Waals surface area contributed by atoms with Gasteiger partial charge in [-0.3, -0.25) is 20.2 Å². The Morgan fingerprint density at radius 1 is 1.00 bits per heavy atom. The third-order valence-electron chi connectivity index (χ3n) is 3.92. The van der Waals surface area contributed by atoms with E-state index < -0.39 is 4.92 Å². The van der Waals surface area contributed by atoms with E-state index in [9.17, 15) is 14.9 Å². The lowest BCUT2D eigenvalue weighted by molar-refractivity contribution is -0.384. The number of para-hydroxylation sites is 2. The average Bonchev–Trinajstić information content (AvgIpc) is 3.11. The van der Waals surface area contributed by atoms with Crippen LogP contribution in [0.25, 0.3) is 11.1 Å². The molecule has 0 radical (unpaired) electrons. The summed E-state index contributed by atoms with van der Waals surface area (Å²) in [5.74, 6) is -0.350. The fourth-order valence-corrected chi connectivity index (χ4v) is 3.54. The quantitative estimate of drug-likeness (QED) is 0.374. The van der Waals surface area contributed by atoms with E-state index in [4.69, 9.17) is 4.42 Å². The smallest absolute Gasteiger partial charge is 0.302 e. The van der Waals surface area contributed by atoms with Crippen molar-refractivity contribution in [3.8, 4) is 0 Å². The van der Waals surface area contributed by atoms with Crippen LogP contribution in [0.2, 0.25) is 0 Å². The largest absolute Gasteiger partial charge is 0.423 e. The number of benzene rings is 3. The van der Waals surface area contributed by atoms with Gasteiger partial charge in [0.2, 0.25) is 0 Å². The molecule has 0 unspecified atom stereocenters. The molecule has 1 aromatic heterocycles. The van der Waals surface area contributed by atoms with Gasteiger partial charge in [-0.1, -0.05) is 36.0 Å². The normalized spacial score (nSPS) is 10.7. The molecule has 0 spiro atoms. The maximum absolute atomic E-state index is 12.7. The zero-order chi connectivity index (χ0) is 19.5. The van der Waals surface area contributed by atoms with E-state index >= 15 is 0 Å². The predicted octanol–water partition coefficient (Wildman–Crippen LogP) is 5.14. The van der Waals surface area contributed by atoms with E-state index in [0.717, 1.165) is 4.90 Å². The van der Waals surface area contributed by atoms with Gasteiger partial charge in [0.25, 0.3) is 11.6 Å². The molecule has 28 heavy (non-hydrogen) atoms. The number of non-ortho nitro benzene ring substituents is 1. The number of carbonyl (C=O) groups is 1. The van der Waals surface area contributed by atoms with Crippen molar-refractivity contribution in [2.24, 2.45) is 0 Å². The minimum absolute atomic E-state index is 0.0198. The molecule has 138 valence electrons. The van der Waals surface area contributed by atoms with Crippen LogP contribution in [0.4, 0.5) is 11.7 Å². The van der Waals surface area contributed by atoms with Crippen LogP contribution in [-0.2, 0) is 0 Å². The molecule has 7 nitrogen and oxygen atoms in total. The molecule has 1 heterocycles. The first kappa shape index (κ1) is 17.7. The monoisotopic (exact) mass is 391 g/mol. The van der Waals surface area contributed by atoms with Gasteiger partial charge in [0.1, 0.15) is 5.52 Å². The Labute approximate surface area is 163 Å². The molecular weight excluding hydrogens is 378 g/mol. The van der Waals surface area contributed by atoms with Crippen molar-refractivity contribution >= 4 is 40.5 Å². The van der Waals surface area contributed by atoms with Crippen molar-refractivity contribution in [3.05, 3.63) is 88.5 Å². The van der Waals surface area contributed by atoms with Crippen LogP contribution in [0.1, 0.15) is 10.4 Å². The number of hydrogen-bond donors (Lipinski definition) is 1. The van der Waals surface area contributed by atoms with Crippen LogP contribution in [0.5, 0.6) is 0 Å². The van der Waals surface area contributed by atoms with Gasteiger partial charge < -0.3 is 4.42 Å². The SMILES string of the molecule is O=C(Nc1nc2ccccc2o1)c1ccccc1Sc1ccc([N+](=O)[O-])cc1. The number of nitro groups is 1. The van der Waals surface area contributed by atoms with Crippen LogP contribution in [0.15, 0.2) is 87.0 Å². The molecule has 1 N–H and O–H groups in total. The Balaban J connectivity index is 1.56. The number of anilines is 1. The Kier molecular flexibility index (Phi) is 4.77.